The molecule has 158 valence electrons. The van der Waals surface area contributed by atoms with Crippen LogP contribution in [0.5, 0.6) is 0 Å². The van der Waals surface area contributed by atoms with Crippen molar-refractivity contribution in [3.05, 3.63) is 87.3 Å². The van der Waals surface area contributed by atoms with E-state index in [1.807, 2.05) is 44.2 Å². The number of hydrogen-bond donors (Lipinski definition) is 1. The molecule has 0 spiro atoms. The molecule has 0 aliphatic heterocycles. The Bertz CT molecular complexity index is 1220. The van der Waals surface area contributed by atoms with Gasteiger partial charge < -0.3 is 4.98 Å². The van der Waals surface area contributed by atoms with E-state index in [0.717, 1.165) is 45.8 Å². The highest BCUT2D eigenvalue weighted by molar-refractivity contribution is 6.31. The van der Waals surface area contributed by atoms with Crippen molar-refractivity contribution in [1.82, 2.24) is 19.9 Å². The summed E-state index contributed by atoms with van der Waals surface area (Å²) >= 11 is 6.16. The van der Waals surface area contributed by atoms with Crippen LogP contribution in [0.2, 0.25) is 5.02 Å². The Hall–Kier alpha value is -3.05. The molecule has 5 nitrogen and oxygen atoms in total. The first-order valence-electron chi connectivity index (χ1n) is 10.4. The summed E-state index contributed by atoms with van der Waals surface area (Å²) in [7, 11) is 0. The summed E-state index contributed by atoms with van der Waals surface area (Å²) in [6, 6.07) is 9.93. The molecule has 4 aromatic rings. The second-order valence-corrected chi connectivity index (χ2v) is 8.47. The summed E-state index contributed by atoms with van der Waals surface area (Å²) in [4.78, 5) is 29.3. The first-order chi connectivity index (χ1) is 14.9. The van der Waals surface area contributed by atoms with Crippen LogP contribution in [0.1, 0.15) is 57.2 Å². The lowest BCUT2D eigenvalue weighted by molar-refractivity contribution is 0.0979. The predicted molar refractivity (Wildman–Crippen MR) is 124 cm³/mol. The van der Waals surface area contributed by atoms with Crippen molar-refractivity contribution in [2.45, 2.75) is 46.5 Å². The Balaban J connectivity index is 1.37. The van der Waals surface area contributed by atoms with E-state index in [2.05, 4.69) is 26.9 Å². The third kappa shape index (κ3) is 5.00. The third-order valence-electron chi connectivity index (χ3n) is 5.43. The summed E-state index contributed by atoms with van der Waals surface area (Å²) in [6.07, 6.45) is 5.84. The SMILES string of the molecule is Cc1cc(C)nc(Cc2ncc(C(=O)CCCc3c(C)[nH]c4ccc(Cl)cc34)cn2)c1. The van der Waals surface area contributed by atoms with Gasteiger partial charge in [0.1, 0.15) is 5.82 Å². The lowest BCUT2D eigenvalue weighted by Crippen LogP contribution is -2.05. The Morgan fingerprint density at radius 2 is 1.84 bits per heavy atom. The number of fused-ring (bicyclic) bond motifs is 1. The van der Waals surface area contributed by atoms with Gasteiger partial charge in [-0.25, -0.2) is 9.97 Å². The average Bonchev–Trinajstić information content (AvgIpc) is 3.02. The fourth-order valence-corrected chi connectivity index (χ4v) is 4.19. The van der Waals surface area contributed by atoms with Gasteiger partial charge in [0.25, 0.3) is 0 Å². The standard InChI is InChI=1S/C25H25ClN4O/c1-15-9-16(2)29-20(10-15)12-25-27-13-18(14-28-25)24(31)6-4-5-21-17(3)30-23-8-7-19(26)11-22(21)23/h7-11,13-14,30H,4-6,12H2,1-3H3. The van der Waals surface area contributed by atoms with Crippen LogP contribution in [0, 0.1) is 20.8 Å². The van der Waals surface area contributed by atoms with E-state index in [4.69, 9.17) is 11.6 Å². The minimum absolute atomic E-state index is 0.0617. The molecule has 0 saturated heterocycles. The third-order valence-corrected chi connectivity index (χ3v) is 5.66. The van der Waals surface area contributed by atoms with Crippen molar-refractivity contribution in [1.29, 1.82) is 0 Å². The molecule has 0 aliphatic rings. The molecule has 4 rings (SSSR count). The van der Waals surface area contributed by atoms with E-state index in [9.17, 15) is 4.79 Å². The largest absolute Gasteiger partial charge is 0.358 e. The molecule has 1 N–H and O–H groups in total. The van der Waals surface area contributed by atoms with Gasteiger partial charge in [-0.1, -0.05) is 11.6 Å². The topological polar surface area (TPSA) is 71.5 Å². The lowest BCUT2D eigenvalue weighted by atomic mass is 10.0. The fraction of sp³-hybridized carbons (Fsp3) is 0.280. The second kappa shape index (κ2) is 8.98. The number of Topliss-reactive ketones (excluding diaryl/α,β-unsaturated/α-hetero) is 1. The number of benzene rings is 1. The van der Waals surface area contributed by atoms with Crippen LogP contribution in [0.4, 0.5) is 0 Å². The molecule has 31 heavy (non-hydrogen) atoms. The summed E-state index contributed by atoms with van der Waals surface area (Å²) < 4.78 is 0. The number of carbonyl (C=O) groups excluding carboxylic acids is 1. The van der Waals surface area contributed by atoms with Gasteiger partial charge in [-0.05, 0) is 75.1 Å². The number of nitrogens with zero attached hydrogens (tertiary/aromatic N) is 3. The molecular weight excluding hydrogens is 408 g/mol. The van der Waals surface area contributed by atoms with Crippen LogP contribution in [-0.4, -0.2) is 25.7 Å². The highest BCUT2D eigenvalue weighted by Gasteiger charge is 2.12. The molecule has 3 aromatic heterocycles. The molecule has 0 amide bonds. The maximum atomic E-state index is 12.6. The van der Waals surface area contributed by atoms with Gasteiger partial charge in [0.05, 0.1) is 12.0 Å². The predicted octanol–water partition coefficient (Wildman–Crippen LogP) is 5.73. The van der Waals surface area contributed by atoms with Crippen molar-refractivity contribution in [3.63, 3.8) is 0 Å². The maximum Gasteiger partial charge on any atom is 0.165 e. The van der Waals surface area contributed by atoms with E-state index >= 15 is 0 Å². The second-order valence-electron chi connectivity index (χ2n) is 8.04. The smallest absolute Gasteiger partial charge is 0.165 e. The Kier molecular flexibility index (Phi) is 6.14. The summed E-state index contributed by atoms with van der Waals surface area (Å²) in [6.45, 7) is 6.08. The van der Waals surface area contributed by atoms with Gasteiger partial charge in [-0.2, -0.15) is 0 Å². The Labute approximate surface area is 186 Å². The summed E-state index contributed by atoms with van der Waals surface area (Å²) in [5.41, 5.74) is 7.05. The zero-order chi connectivity index (χ0) is 22.0. The first kappa shape index (κ1) is 21.2. The fourth-order valence-electron chi connectivity index (χ4n) is 4.01. The molecule has 0 unspecified atom stereocenters. The maximum absolute atomic E-state index is 12.6. The van der Waals surface area contributed by atoms with E-state index < -0.39 is 0 Å². The number of aromatic nitrogens is 4. The number of carbonyl (C=O) groups is 1. The van der Waals surface area contributed by atoms with Gasteiger partial charge in [-0.15, -0.1) is 0 Å². The van der Waals surface area contributed by atoms with E-state index in [1.54, 1.807) is 12.4 Å². The minimum Gasteiger partial charge on any atom is -0.358 e. The molecule has 1 aromatic carbocycles. The summed E-state index contributed by atoms with van der Waals surface area (Å²) in [5.74, 6) is 0.729. The number of hydrogen-bond acceptors (Lipinski definition) is 4. The quantitative estimate of drug-likeness (QED) is 0.378. The number of rotatable bonds is 7. The number of H-pyrrole nitrogens is 1. The van der Waals surface area contributed by atoms with E-state index in [0.29, 0.717) is 24.2 Å². The normalized spacial score (nSPS) is 11.2. The number of aryl methyl sites for hydroxylation is 4. The molecule has 0 radical (unpaired) electrons. The van der Waals surface area contributed by atoms with Gasteiger partial charge >= 0.3 is 0 Å². The Morgan fingerprint density at radius 1 is 1.06 bits per heavy atom. The number of ketones is 1. The van der Waals surface area contributed by atoms with Gasteiger partial charge in [0.2, 0.25) is 0 Å². The number of aromatic amines is 1. The van der Waals surface area contributed by atoms with E-state index in [-0.39, 0.29) is 5.78 Å². The van der Waals surface area contributed by atoms with Crippen molar-refractivity contribution >= 4 is 28.3 Å². The zero-order valence-corrected chi connectivity index (χ0v) is 18.8. The van der Waals surface area contributed by atoms with Crippen molar-refractivity contribution < 1.29 is 4.79 Å². The monoisotopic (exact) mass is 432 g/mol. The molecule has 3 heterocycles. The van der Waals surface area contributed by atoms with Crippen LogP contribution in [0.3, 0.4) is 0 Å². The minimum atomic E-state index is 0.0617. The molecule has 0 aliphatic carbocycles. The summed E-state index contributed by atoms with van der Waals surface area (Å²) in [5, 5.41) is 1.85. The van der Waals surface area contributed by atoms with Gasteiger partial charge in [-0.3, -0.25) is 9.78 Å². The van der Waals surface area contributed by atoms with Gasteiger partial charge in [0.15, 0.2) is 5.78 Å². The van der Waals surface area contributed by atoms with E-state index in [1.165, 1.54) is 11.1 Å². The number of nitrogens with one attached hydrogen (secondary N) is 1. The molecule has 0 fully saturated rings. The van der Waals surface area contributed by atoms with Crippen molar-refractivity contribution in [2.75, 3.05) is 0 Å². The first-order valence-corrected chi connectivity index (χ1v) is 10.8. The molecule has 0 bridgehead atoms. The number of pyridine rings is 1. The Morgan fingerprint density at radius 3 is 2.58 bits per heavy atom. The van der Waals surface area contributed by atoms with Crippen LogP contribution in [-0.2, 0) is 12.8 Å². The zero-order valence-electron chi connectivity index (χ0n) is 18.0. The highest BCUT2D eigenvalue weighted by Crippen LogP contribution is 2.26. The van der Waals surface area contributed by atoms with Crippen LogP contribution >= 0.6 is 11.6 Å². The molecular formula is C25H25ClN4O. The highest BCUT2D eigenvalue weighted by atomic mass is 35.5. The average molecular weight is 433 g/mol. The lowest BCUT2D eigenvalue weighted by Gasteiger charge is -2.05. The van der Waals surface area contributed by atoms with Crippen LogP contribution in [0.15, 0.2) is 42.7 Å². The molecule has 0 saturated carbocycles. The van der Waals surface area contributed by atoms with Crippen LogP contribution in [0.25, 0.3) is 10.9 Å². The number of halogens is 1. The van der Waals surface area contributed by atoms with Crippen molar-refractivity contribution in [3.8, 4) is 0 Å². The van der Waals surface area contributed by atoms with Crippen LogP contribution < -0.4 is 0 Å². The van der Waals surface area contributed by atoms with Gasteiger partial charge in [0, 0.05) is 51.8 Å². The van der Waals surface area contributed by atoms with Crippen molar-refractivity contribution in [2.24, 2.45) is 0 Å². The molecule has 0 atom stereocenters. The molecule has 6 heteroatoms.